The van der Waals surface area contributed by atoms with Gasteiger partial charge in [-0.25, -0.2) is 0 Å². The van der Waals surface area contributed by atoms with Crippen LogP contribution in [0.5, 0.6) is 0 Å². The van der Waals surface area contributed by atoms with Crippen molar-refractivity contribution in [3.05, 3.63) is 24.3 Å². The van der Waals surface area contributed by atoms with Gasteiger partial charge in [-0.1, -0.05) is 231 Å². The van der Waals surface area contributed by atoms with E-state index in [0.717, 1.165) is 70.6 Å². The second kappa shape index (κ2) is 51.5. The van der Waals surface area contributed by atoms with Crippen LogP contribution in [0, 0.1) is 0 Å². The Balaban J connectivity index is 4.02. The maximum absolute atomic E-state index is 12.7. The van der Waals surface area contributed by atoms with Crippen LogP contribution in [0.2, 0.25) is 0 Å². The number of hydrogen-bond donors (Lipinski definition) is 0. The summed E-state index contributed by atoms with van der Waals surface area (Å²) in [6.07, 6.45) is 59.3. The molecule has 0 aliphatic carbocycles. The van der Waals surface area contributed by atoms with Crippen LogP contribution < -0.4 is 0 Å². The quantitative estimate of drug-likeness (QED) is 0.0262. The van der Waals surface area contributed by atoms with E-state index in [1.807, 2.05) is 0 Å². The Hall–Kier alpha value is -2.11. The van der Waals surface area contributed by atoms with E-state index in [1.54, 1.807) is 0 Å². The molecule has 1 atom stereocenters. The molecule has 0 bridgehead atoms. The molecule has 0 rings (SSSR count). The molecule has 62 heavy (non-hydrogen) atoms. The summed E-state index contributed by atoms with van der Waals surface area (Å²) in [6.45, 7) is 6.57. The zero-order valence-electron chi connectivity index (χ0n) is 41.7. The fraction of sp³-hybridized carbons (Fsp3) is 0.875. The molecule has 0 aliphatic heterocycles. The summed E-state index contributed by atoms with van der Waals surface area (Å²) in [5, 5.41) is 0. The number of ether oxygens (including phenoxy) is 3. The van der Waals surface area contributed by atoms with Gasteiger partial charge in [-0.2, -0.15) is 0 Å². The number of allylic oxidation sites excluding steroid dienone is 4. The lowest BCUT2D eigenvalue weighted by Gasteiger charge is -2.18. The minimum atomic E-state index is -0.768. The number of carbonyl (C=O) groups excluding carboxylic acids is 3. The van der Waals surface area contributed by atoms with E-state index in [-0.39, 0.29) is 31.1 Å². The molecule has 0 radical (unpaired) electrons. The van der Waals surface area contributed by atoms with Gasteiger partial charge in [0.2, 0.25) is 0 Å². The molecular weight excluding hydrogens is 769 g/mol. The van der Waals surface area contributed by atoms with Crippen LogP contribution in [0.15, 0.2) is 24.3 Å². The third-order valence-electron chi connectivity index (χ3n) is 12.2. The molecule has 0 aromatic rings. The molecule has 0 spiro atoms. The first-order valence-corrected chi connectivity index (χ1v) is 27.3. The Kier molecular flexibility index (Phi) is 49.8. The molecule has 0 aromatic heterocycles. The van der Waals surface area contributed by atoms with E-state index < -0.39 is 6.10 Å². The van der Waals surface area contributed by atoms with Crippen molar-refractivity contribution in [1.29, 1.82) is 0 Å². The van der Waals surface area contributed by atoms with Gasteiger partial charge in [0, 0.05) is 19.3 Å². The highest BCUT2D eigenvalue weighted by molar-refractivity contribution is 5.71. The highest BCUT2D eigenvalue weighted by Gasteiger charge is 2.19. The minimum absolute atomic E-state index is 0.0720. The maximum atomic E-state index is 12.7. The zero-order chi connectivity index (χ0) is 45.1. The molecule has 1 unspecified atom stereocenters. The molecule has 0 N–H and O–H groups in total. The highest BCUT2D eigenvalue weighted by Crippen LogP contribution is 2.16. The molecule has 0 aliphatic rings. The van der Waals surface area contributed by atoms with Crippen molar-refractivity contribution in [1.82, 2.24) is 0 Å². The third kappa shape index (κ3) is 48.9. The monoisotopic (exact) mass is 873 g/mol. The Morgan fingerprint density at radius 2 is 0.532 bits per heavy atom. The van der Waals surface area contributed by atoms with Gasteiger partial charge in [0.15, 0.2) is 6.10 Å². The van der Waals surface area contributed by atoms with Crippen LogP contribution in [0.25, 0.3) is 0 Å². The molecule has 0 saturated carbocycles. The van der Waals surface area contributed by atoms with Crippen LogP contribution in [0.4, 0.5) is 0 Å². The van der Waals surface area contributed by atoms with Crippen LogP contribution in [0.1, 0.15) is 297 Å². The molecule has 6 nitrogen and oxygen atoms in total. The smallest absolute Gasteiger partial charge is 0.306 e. The summed E-state index contributed by atoms with van der Waals surface area (Å²) in [7, 11) is 0. The van der Waals surface area contributed by atoms with Gasteiger partial charge in [-0.15, -0.1) is 0 Å². The number of esters is 3. The van der Waals surface area contributed by atoms with Gasteiger partial charge < -0.3 is 14.2 Å². The van der Waals surface area contributed by atoms with Crippen molar-refractivity contribution in [2.24, 2.45) is 0 Å². The number of carbonyl (C=O) groups is 3. The van der Waals surface area contributed by atoms with Gasteiger partial charge >= 0.3 is 17.9 Å². The zero-order valence-corrected chi connectivity index (χ0v) is 41.7. The molecule has 364 valence electrons. The van der Waals surface area contributed by atoms with Gasteiger partial charge in [-0.3, -0.25) is 14.4 Å². The van der Waals surface area contributed by atoms with E-state index in [1.165, 1.54) is 186 Å². The maximum Gasteiger partial charge on any atom is 0.306 e. The summed E-state index contributed by atoms with van der Waals surface area (Å²) in [6, 6.07) is 0. The largest absolute Gasteiger partial charge is 0.462 e. The van der Waals surface area contributed by atoms with Crippen molar-refractivity contribution in [3.8, 4) is 0 Å². The fourth-order valence-corrected chi connectivity index (χ4v) is 8.02. The second-order valence-corrected chi connectivity index (χ2v) is 18.5. The van der Waals surface area contributed by atoms with Gasteiger partial charge in [0.1, 0.15) is 13.2 Å². The van der Waals surface area contributed by atoms with Crippen molar-refractivity contribution in [3.63, 3.8) is 0 Å². The number of hydrogen-bond acceptors (Lipinski definition) is 6. The predicted octanol–water partition coefficient (Wildman–Crippen LogP) is 17.9. The average Bonchev–Trinajstić information content (AvgIpc) is 3.27. The standard InChI is InChI=1S/C56H104O6/c1-4-7-10-13-15-17-19-21-23-24-25-26-27-28-29-30-31-32-33-35-36-38-40-43-46-49-55(58)61-52-53(51-60-54(57)48-45-42-12-9-6-3)62-56(59)50-47-44-41-39-37-34-22-20-18-16-14-11-8-5-2/h20,22,24-25,53H,4-19,21,23,26-52H2,1-3H3/b22-20-,25-24-. The van der Waals surface area contributed by atoms with Gasteiger partial charge in [0.05, 0.1) is 0 Å². The third-order valence-corrected chi connectivity index (χ3v) is 12.2. The van der Waals surface area contributed by atoms with E-state index in [2.05, 4.69) is 45.1 Å². The Morgan fingerprint density at radius 3 is 0.806 bits per heavy atom. The van der Waals surface area contributed by atoms with Gasteiger partial charge in [-0.05, 0) is 70.6 Å². The van der Waals surface area contributed by atoms with Crippen molar-refractivity contribution in [2.45, 2.75) is 303 Å². The SMILES string of the molecule is CCCCCCC/C=C\CCCCCCCC(=O)OC(COC(=O)CCCCCCC)COC(=O)CCCCCCCCCCCCCCC/C=C\CCCCCCCCCC. The summed E-state index contributed by atoms with van der Waals surface area (Å²) in [5.74, 6) is -0.883. The normalized spacial score (nSPS) is 12.1. The van der Waals surface area contributed by atoms with Crippen LogP contribution in [-0.2, 0) is 28.6 Å². The van der Waals surface area contributed by atoms with Crippen molar-refractivity contribution in [2.75, 3.05) is 13.2 Å². The molecule has 6 heteroatoms. The average molecular weight is 873 g/mol. The molecule has 0 heterocycles. The van der Waals surface area contributed by atoms with Gasteiger partial charge in [0.25, 0.3) is 0 Å². The predicted molar refractivity (Wildman–Crippen MR) is 266 cm³/mol. The molecule has 0 saturated heterocycles. The van der Waals surface area contributed by atoms with Crippen molar-refractivity contribution < 1.29 is 28.6 Å². The van der Waals surface area contributed by atoms with Crippen LogP contribution >= 0.6 is 0 Å². The lowest BCUT2D eigenvalue weighted by atomic mass is 10.0. The summed E-state index contributed by atoms with van der Waals surface area (Å²) in [5.41, 5.74) is 0. The first kappa shape index (κ1) is 59.9. The lowest BCUT2D eigenvalue weighted by Crippen LogP contribution is -2.30. The summed E-state index contributed by atoms with van der Waals surface area (Å²) in [4.78, 5) is 37.7. The van der Waals surface area contributed by atoms with Crippen molar-refractivity contribution >= 4 is 17.9 Å². The van der Waals surface area contributed by atoms with E-state index in [9.17, 15) is 14.4 Å². The lowest BCUT2D eigenvalue weighted by molar-refractivity contribution is -0.167. The van der Waals surface area contributed by atoms with Crippen LogP contribution in [-0.4, -0.2) is 37.2 Å². The fourth-order valence-electron chi connectivity index (χ4n) is 8.02. The summed E-state index contributed by atoms with van der Waals surface area (Å²) < 4.78 is 16.7. The Bertz CT molecular complexity index is 1000. The number of unbranched alkanes of at least 4 members (excludes halogenated alkanes) is 35. The van der Waals surface area contributed by atoms with Crippen LogP contribution in [0.3, 0.4) is 0 Å². The topological polar surface area (TPSA) is 78.9 Å². The molecule has 0 aromatic carbocycles. The molecule has 0 fully saturated rings. The first-order valence-electron chi connectivity index (χ1n) is 27.3. The van der Waals surface area contributed by atoms with E-state index in [0.29, 0.717) is 19.3 Å². The Morgan fingerprint density at radius 1 is 0.306 bits per heavy atom. The highest BCUT2D eigenvalue weighted by atomic mass is 16.6. The number of rotatable bonds is 50. The minimum Gasteiger partial charge on any atom is -0.462 e. The molecular formula is C56H104O6. The van der Waals surface area contributed by atoms with E-state index in [4.69, 9.17) is 14.2 Å². The Labute approximate surface area is 385 Å². The second-order valence-electron chi connectivity index (χ2n) is 18.5. The molecule has 0 amide bonds. The van der Waals surface area contributed by atoms with E-state index >= 15 is 0 Å². The first-order chi connectivity index (χ1) is 30.5. The summed E-state index contributed by atoms with van der Waals surface area (Å²) >= 11 is 0.